The van der Waals surface area contributed by atoms with Gasteiger partial charge in [0, 0.05) is 13.0 Å². The lowest BCUT2D eigenvalue weighted by Crippen LogP contribution is -2.37. The first-order valence-corrected chi connectivity index (χ1v) is 8.75. The van der Waals surface area contributed by atoms with Gasteiger partial charge in [-0.2, -0.15) is 0 Å². The fourth-order valence-electron chi connectivity index (χ4n) is 3.28. The zero-order valence-corrected chi connectivity index (χ0v) is 13.5. The summed E-state index contributed by atoms with van der Waals surface area (Å²) in [6.07, 6.45) is 9.61. The van der Waals surface area contributed by atoms with Crippen LogP contribution in [0.15, 0.2) is 30.3 Å². The van der Waals surface area contributed by atoms with Gasteiger partial charge in [0.2, 0.25) is 5.91 Å². The van der Waals surface area contributed by atoms with Gasteiger partial charge >= 0.3 is 0 Å². The number of aryl methyl sites for hydroxylation is 1. The molecule has 0 aromatic heterocycles. The van der Waals surface area contributed by atoms with Crippen LogP contribution in [0.25, 0.3) is 0 Å². The van der Waals surface area contributed by atoms with Crippen molar-refractivity contribution in [2.45, 2.75) is 63.8 Å². The predicted molar refractivity (Wildman–Crippen MR) is 89.7 cm³/mol. The molecule has 1 saturated heterocycles. The second-order valence-corrected chi connectivity index (χ2v) is 6.32. The molecule has 1 aromatic carbocycles. The van der Waals surface area contributed by atoms with Gasteiger partial charge in [0.15, 0.2) is 0 Å². The molecular formula is C19H29NO2. The van der Waals surface area contributed by atoms with Crippen LogP contribution < -0.4 is 0 Å². The number of hydrogen-bond donors (Lipinski definition) is 1. The summed E-state index contributed by atoms with van der Waals surface area (Å²) in [7, 11) is 0. The van der Waals surface area contributed by atoms with E-state index in [1.54, 1.807) is 0 Å². The van der Waals surface area contributed by atoms with E-state index in [-0.39, 0.29) is 18.6 Å². The van der Waals surface area contributed by atoms with Crippen LogP contribution in [0, 0.1) is 0 Å². The molecule has 122 valence electrons. The highest BCUT2D eigenvalue weighted by Crippen LogP contribution is 2.19. The topological polar surface area (TPSA) is 40.5 Å². The molecule has 0 unspecified atom stereocenters. The molecule has 0 saturated carbocycles. The van der Waals surface area contributed by atoms with E-state index in [0.29, 0.717) is 6.42 Å². The largest absolute Gasteiger partial charge is 0.394 e. The lowest BCUT2D eigenvalue weighted by atomic mass is 10.0. The number of nitrogens with zero attached hydrogens (tertiary/aromatic N) is 1. The minimum Gasteiger partial charge on any atom is -0.394 e. The summed E-state index contributed by atoms with van der Waals surface area (Å²) in [5.74, 6) is 0.237. The predicted octanol–water partition coefficient (Wildman–Crippen LogP) is 3.55. The van der Waals surface area contributed by atoms with E-state index >= 15 is 0 Å². The average Bonchev–Trinajstić information content (AvgIpc) is 3.03. The highest BCUT2D eigenvalue weighted by molar-refractivity contribution is 5.76. The summed E-state index contributed by atoms with van der Waals surface area (Å²) >= 11 is 0. The van der Waals surface area contributed by atoms with Gasteiger partial charge in [-0.05, 0) is 37.7 Å². The van der Waals surface area contributed by atoms with Gasteiger partial charge in [-0.25, -0.2) is 0 Å². The maximum Gasteiger partial charge on any atom is 0.222 e. The Kier molecular flexibility index (Phi) is 7.44. The van der Waals surface area contributed by atoms with Crippen LogP contribution in [0.4, 0.5) is 0 Å². The lowest BCUT2D eigenvalue weighted by molar-refractivity contribution is -0.132. The Morgan fingerprint density at radius 3 is 2.59 bits per heavy atom. The summed E-state index contributed by atoms with van der Waals surface area (Å²) in [4.78, 5) is 14.0. The van der Waals surface area contributed by atoms with Crippen LogP contribution in [-0.2, 0) is 11.2 Å². The molecule has 2 rings (SSSR count). The number of aliphatic hydroxyl groups excluding tert-OH is 1. The average molecular weight is 303 g/mol. The number of carbonyl (C=O) groups is 1. The normalized spacial score (nSPS) is 17.9. The Hall–Kier alpha value is -1.35. The second kappa shape index (κ2) is 9.62. The maximum absolute atomic E-state index is 12.1. The molecule has 1 aliphatic rings. The van der Waals surface area contributed by atoms with Gasteiger partial charge < -0.3 is 10.0 Å². The molecule has 0 aliphatic carbocycles. The van der Waals surface area contributed by atoms with E-state index in [4.69, 9.17) is 0 Å². The molecule has 1 fully saturated rings. The molecule has 1 aromatic rings. The highest BCUT2D eigenvalue weighted by Gasteiger charge is 2.27. The van der Waals surface area contributed by atoms with Gasteiger partial charge in [-0.1, -0.05) is 49.6 Å². The minimum absolute atomic E-state index is 0.0818. The molecule has 1 heterocycles. The molecule has 1 atom stereocenters. The minimum atomic E-state index is 0.0818. The van der Waals surface area contributed by atoms with Crippen molar-refractivity contribution in [2.75, 3.05) is 13.2 Å². The summed E-state index contributed by atoms with van der Waals surface area (Å²) < 4.78 is 0. The van der Waals surface area contributed by atoms with E-state index in [0.717, 1.165) is 38.6 Å². The van der Waals surface area contributed by atoms with Crippen LogP contribution >= 0.6 is 0 Å². The van der Waals surface area contributed by atoms with Gasteiger partial charge in [0.1, 0.15) is 0 Å². The molecule has 22 heavy (non-hydrogen) atoms. The van der Waals surface area contributed by atoms with E-state index in [2.05, 4.69) is 30.3 Å². The van der Waals surface area contributed by atoms with Gasteiger partial charge in [0.25, 0.3) is 0 Å². The third-order valence-electron chi connectivity index (χ3n) is 4.61. The van der Waals surface area contributed by atoms with Crippen molar-refractivity contribution in [3.8, 4) is 0 Å². The second-order valence-electron chi connectivity index (χ2n) is 6.32. The first-order chi connectivity index (χ1) is 10.8. The van der Waals surface area contributed by atoms with Crippen molar-refractivity contribution in [3.63, 3.8) is 0 Å². The van der Waals surface area contributed by atoms with Crippen molar-refractivity contribution in [3.05, 3.63) is 35.9 Å². The molecule has 3 heteroatoms. The van der Waals surface area contributed by atoms with E-state index in [1.165, 1.54) is 24.8 Å². The Morgan fingerprint density at radius 2 is 1.82 bits per heavy atom. The van der Waals surface area contributed by atoms with Crippen LogP contribution in [0.1, 0.15) is 56.9 Å². The first kappa shape index (κ1) is 17.0. The monoisotopic (exact) mass is 303 g/mol. The van der Waals surface area contributed by atoms with E-state index < -0.39 is 0 Å². The number of hydrogen-bond acceptors (Lipinski definition) is 2. The SMILES string of the molecule is O=C(CCCCCCCc1ccccc1)N1CCC[C@H]1CO. The van der Waals surface area contributed by atoms with Gasteiger partial charge in [-0.3, -0.25) is 4.79 Å². The van der Waals surface area contributed by atoms with Crippen LogP contribution in [0.5, 0.6) is 0 Å². The maximum atomic E-state index is 12.1. The third-order valence-corrected chi connectivity index (χ3v) is 4.61. The zero-order valence-electron chi connectivity index (χ0n) is 13.5. The van der Waals surface area contributed by atoms with Crippen molar-refractivity contribution < 1.29 is 9.90 Å². The Bertz CT molecular complexity index is 432. The molecule has 3 nitrogen and oxygen atoms in total. The zero-order chi connectivity index (χ0) is 15.6. The molecular weight excluding hydrogens is 274 g/mol. The van der Waals surface area contributed by atoms with Crippen molar-refractivity contribution in [1.82, 2.24) is 4.90 Å². The van der Waals surface area contributed by atoms with Crippen LogP contribution in [0.2, 0.25) is 0 Å². The van der Waals surface area contributed by atoms with Crippen LogP contribution in [0.3, 0.4) is 0 Å². The number of amides is 1. The Balaban J connectivity index is 1.49. The summed E-state index contributed by atoms with van der Waals surface area (Å²) in [6, 6.07) is 10.7. The molecule has 1 N–H and O–H groups in total. The smallest absolute Gasteiger partial charge is 0.222 e. The number of aliphatic hydroxyl groups is 1. The summed E-state index contributed by atoms with van der Waals surface area (Å²) in [5, 5.41) is 9.25. The standard InChI is InChI=1S/C19H29NO2/c21-16-18-13-9-15-20(18)19(22)14-8-3-1-2-5-10-17-11-6-4-7-12-17/h4,6-7,11-12,18,21H,1-3,5,8-10,13-16H2/t18-/m0/s1. The summed E-state index contributed by atoms with van der Waals surface area (Å²) in [5.41, 5.74) is 1.42. The van der Waals surface area contributed by atoms with Crippen molar-refractivity contribution in [2.24, 2.45) is 0 Å². The van der Waals surface area contributed by atoms with Crippen LogP contribution in [-0.4, -0.2) is 35.1 Å². The van der Waals surface area contributed by atoms with E-state index in [9.17, 15) is 9.90 Å². The Morgan fingerprint density at radius 1 is 1.09 bits per heavy atom. The van der Waals surface area contributed by atoms with Crippen molar-refractivity contribution in [1.29, 1.82) is 0 Å². The fourth-order valence-corrected chi connectivity index (χ4v) is 3.28. The number of rotatable bonds is 9. The fraction of sp³-hybridized carbons (Fsp3) is 0.632. The number of carbonyl (C=O) groups excluding carboxylic acids is 1. The lowest BCUT2D eigenvalue weighted by Gasteiger charge is -2.22. The molecule has 0 radical (unpaired) electrons. The molecule has 0 bridgehead atoms. The molecule has 0 spiro atoms. The number of benzene rings is 1. The quantitative estimate of drug-likeness (QED) is 0.709. The highest BCUT2D eigenvalue weighted by atomic mass is 16.3. The van der Waals surface area contributed by atoms with Gasteiger partial charge in [0.05, 0.1) is 12.6 Å². The molecule has 1 amide bonds. The summed E-state index contributed by atoms with van der Waals surface area (Å²) in [6.45, 7) is 0.951. The van der Waals surface area contributed by atoms with Crippen molar-refractivity contribution >= 4 is 5.91 Å². The van der Waals surface area contributed by atoms with E-state index in [1.807, 2.05) is 4.90 Å². The number of unbranched alkanes of at least 4 members (excludes halogenated alkanes) is 4. The molecule has 1 aliphatic heterocycles. The van der Waals surface area contributed by atoms with Gasteiger partial charge in [-0.15, -0.1) is 0 Å². The first-order valence-electron chi connectivity index (χ1n) is 8.75. The third kappa shape index (κ3) is 5.45. The number of likely N-dealkylation sites (tertiary alicyclic amines) is 1. The Labute approximate surface area is 134 Å².